The van der Waals surface area contributed by atoms with Gasteiger partial charge in [-0.05, 0) is 13.8 Å². The maximum atomic E-state index is 12.1. The second-order valence-electron chi connectivity index (χ2n) is 6.02. The van der Waals surface area contributed by atoms with Crippen LogP contribution in [0.25, 0.3) is 0 Å². The minimum Gasteiger partial charge on any atom is -0.353 e. The average molecular weight is 317 g/mol. The van der Waals surface area contributed by atoms with E-state index in [4.69, 9.17) is 0 Å². The lowest BCUT2D eigenvalue weighted by Crippen LogP contribution is -2.39. The Morgan fingerprint density at radius 2 is 1.91 bits per heavy atom. The molecule has 2 aromatic heterocycles. The van der Waals surface area contributed by atoms with E-state index >= 15 is 0 Å². The molecule has 0 aliphatic carbocycles. The summed E-state index contributed by atoms with van der Waals surface area (Å²) in [5.74, 6) is 0.469. The molecule has 122 valence electrons. The van der Waals surface area contributed by atoms with Gasteiger partial charge in [-0.15, -0.1) is 0 Å². The standard InChI is InChI=1S/C15H19N5O3/c1-9(2)20-14(22)6-10-8-19(5-4-11(10)17-20)12-7-13(21)18(3)15(23)16-12/h6-7,9H,4-5,8H2,1-3H3,(H,16,23). The van der Waals surface area contributed by atoms with Crippen LogP contribution in [0.4, 0.5) is 5.82 Å². The van der Waals surface area contributed by atoms with Gasteiger partial charge in [0, 0.05) is 44.3 Å². The number of fused-ring (bicyclic) bond motifs is 1. The first-order valence-corrected chi connectivity index (χ1v) is 7.53. The number of hydrogen-bond acceptors (Lipinski definition) is 5. The van der Waals surface area contributed by atoms with Crippen LogP contribution in [0.15, 0.2) is 26.5 Å². The second-order valence-corrected chi connectivity index (χ2v) is 6.02. The monoisotopic (exact) mass is 317 g/mol. The Labute approximate surface area is 132 Å². The van der Waals surface area contributed by atoms with Crippen molar-refractivity contribution in [3.63, 3.8) is 0 Å². The minimum atomic E-state index is -0.452. The summed E-state index contributed by atoms with van der Waals surface area (Å²) in [5.41, 5.74) is 0.771. The van der Waals surface area contributed by atoms with Crippen LogP contribution < -0.4 is 21.7 Å². The van der Waals surface area contributed by atoms with Crippen molar-refractivity contribution in [1.82, 2.24) is 19.3 Å². The van der Waals surface area contributed by atoms with Gasteiger partial charge in [0.1, 0.15) is 5.82 Å². The predicted octanol–water partition coefficient (Wildman–Crippen LogP) is -0.226. The highest BCUT2D eigenvalue weighted by atomic mass is 16.2. The molecule has 1 aliphatic heterocycles. The topological polar surface area (TPSA) is 93.0 Å². The third kappa shape index (κ3) is 2.71. The van der Waals surface area contributed by atoms with Crippen LogP contribution in [-0.4, -0.2) is 25.9 Å². The first kappa shape index (κ1) is 15.3. The van der Waals surface area contributed by atoms with Crippen molar-refractivity contribution in [3.05, 3.63) is 54.6 Å². The zero-order valence-electron chi connectivity index (χ0n) is 13.4. The fourth-order valence-electron chi connectivity index (χ4n) is 2.70. The molecule has 0 radical (unpaired) electrons. The van der Waals surface area contributed by atoms with Crippen LogP contribution in [0.2, 0.25) is 0 Å². The third-order valence-corrected chi connectivity index (χ3v) is 4.06. The van der Waals surface area contributed by atoms with Crippen molar-refractivity contribution in [2.45, 2.75) is 32.9 Å². The van der Waals surface area contributed by atoms with Crippen LogP contribution in [0.5, 0.6) is 0 Å². The fourth-order valence-corrected chi connectivity index (χ4v) is 2.70. The predicted molar refractivity (Wildman–Crippen MR) is 85.9 cm³/mol. The van der Waals surface area contributed by atoms with Gasteiger partial charge >= 0.3 is 5.69 Å². The Bertz CT molecular complexity index is 891. The summed E-state index contributed by atoms with van der Waals surface area (Å²) >= 11 is 0. The van der Waals surface area contributed by atoms with Crippen LogP contribution in [0.1, 0.15) is 31.1 Å². The van der Waals surface area contributed by atoms with Crippen molar-refractivity contribution in [3.8, 4) is 0 Å². The number of aromatic nitrogens is 4. The van der Waals surface area contributed by atoms with Gasteiger partial charge in [-0.1, -0.05) is 0 Å². The summed E-state index contributed by atoms with van der Waals surface area (Å²) < 4.78 is 2.50. The molecule has 0 amide bonds. The van der Waals surface area contributed by atoms with Crippen molar-refractivity contribution in [2.75, 3.05) is 11.4 Å². The van der Waals surface area contributed by atoms with Crippen LogP contribution >= 0.6 is 0 Å². The number of H-pyrrole nitrogens is 1. The molecule has 2 aromatic rings. The molecule has 0 saturated carbocycles. The van der Waals surface area contributed by atoms with Gasteiger partial charge < -0.3 is 4.90 Å². The lowest BCUT2D eigenvalue weighted by molar-refractivity contribution is 0.484. The molecule has 0 aromatic carbocycles. The van der Waals surface area contributed by atoms with E-state index in [2.05, 4.69) is 10.1 Å². The molecule has 1 aliphatic rings. The summed E-state index contributed by atoms with van der Waals surface area (Å²) in [7, 11) is 1.43. The first-order valence-electron chi connectivity index (χ1n) is 7.53. The molecule has 0 fully saturated rings. The quantitative estimate of drug-likeness (QED) is 0.826. The molecule has 0 atom stereocenters. The van der Waals surface area contributed by atoms with Gasteiger partial charge in [-0.2, -0.15) is 5.10 Å². The molecule has 1 N–H and O–H groups in total. The highest BCUT2D eigenvalue weighted by molar-refractivity contribution is 5.41. The SMILES string of the molecule is CC(C)n1nc2c(cc1=O)CN(c1cc(=O)n(C)c(=O)[nH]1)CC2. The molecule has 0 bridgehead atoms. The fraction of sp³-hybridized carbons (Fsp3) is 0.467. The highest BCUT2D eigenvalue weighted by Gasteiger charge is 2.21. The summed E-state index contributed by atoms with van der Waals surface area (Å²) in [5, 5.41) is 4.43. The van der Waals surface area contributed by atoms with Crippen molar-refractivity contribution in [2.24, 2.45) is 7.05 Å². The molecule has 0 saturated heterocycles. The van der Waals surface area contributed by atoms with E-state index < -0.39 is 5.69 Å². The Morgan fingerprint density at radius 3 is 2.57 bits per heavy atom. The summed E-state index contributed by atoms with van der Waals surface area (Å²) in [6, 6.07) is 3.00. The second kappa shape index (κ2) is 5.53. The molecular formula is C15H19N5O3. The maximum Gasteiger partial charge on any atom is 0.329 e. The molecule has 3 rings (SSSR count). The third-order valence-electron chi connectivity index (χ3n) is 4.06. The van der Waals surface area contributed by atoms with E-state index in [1.54, 1.807) is 6.07 Å². The van der Waals surface area contributed by atoms with Gasteiger partial charge in [-0.3, -0.25) is 19.1 Å². The molecule has 8 nitrogen and oxygen atoms in total. The average Bonchev–Trinajstić information content (AvgIpc) is 2.50. The van der Waals surface area contributed by atoms with Crippen molar-refractivity contribution >= 4 is 5.82 Å². The Hall–Kier alpha value is -2.64. The number of aromatic amines is 1. The normalized spacial score (nSPS) is 14.2. The van der Waals surface area contributed by atoms with Crippen LogP contribution in [0, 0.1) is 0 Å². The summed E-state index contributed by atoms with van der Waals surface area (Å²) in [6.07, 6.45) is 0.652. The molecule has 0 unspecified atom stereocenters. The van der Waals surface area contributed by atoms with Gasteiger partial charge in [0.15, 0.2) is 0 Å². The minimum absolute atomic E-state index is 0.0133. The molecule has 8 heteroatoms. The van der Waals surface area contributed by atoms with Gasteiger partial charge in [0.25, 0.3) is 11.1 Å². The Morgan fingerprint density at radius 1 is 1.17 bits per heavy atom. The lowest BCUT2D eigenvalue weighted by Gasteiger charge is -2.29. The van der Waals surface area contributed by atoms with Crippen LogP contribution in [-0.2, 0) is 20.0 Å². The molecule has 0 spiro atoms. The first-order chi connectivity index (χ1) is 10.9. The van der Waals surface area contributed by atoms with Gasteiger partial charge in [0.05, 0.1) is 11.7 Å². The zero-order chi connectivity index (χ0) is 16.7. The smallest absolute Gasteiger partial charge is 0.329 e. The van der Waals surface area contributed by atoms with E-state index in [-0.39, 0.29) is 17.2 Å². The van der Waals surface area contributed by atoms with Crippen molar-refractivity contribution < 1.29 is 0 Å². The summed E-state index contributed by atoms with van der Waals surface area (Å²) in [6.45, 7) is 4.90. The number of nitrogens with one attached hydrogen (secondary N) is 1. The Kier molecular flexibility index (Phi) is 3.67. The Balaban J connectivity index is 1.98. The lowest BCUT2D eigenvalue weighted by atomic mass is 10.1. The number of nitrogens with zero attached hydrogens (tertiary/aromatic N) is 4. The van der Waals surface area contributed by atoms with E-state index in [9.17, 15) is 14.4 Å². The van der Waals surface area contributed by atoms with Gasteiger partial charge in [-0.25, -0.2) is 9.48 Å². The molecule has 3 heterocycles. The molecular weight excluding hydrogens is 298 g/mol. The summed E-state index contributed by atoms with van der Waals surface area (Å²) in [4.78, 5) is 40.2. The number of hydrogen-bond donors (Lipinski definition) is 1. The van der Waals surface area contributed by atoms with Crippen LogP contribution in [0.3, 0.4) is 0 Å². The maximum absolute atomic E-state index is 12.1. The van der Waals surface area contributed by atoms with E-state index in [1.165, 1.54) is 17.8 Å². The van der Waals surface area contributed by atoms with Crippen molar-refractivity contribution in [1.29, 1.82) is 0 Å². The van der Waals surface area contributed by atoms with E-state index in [1.807, 2.05) is 18.7 Å². The number of anilines is 1. The highest BCUT2D eigenvalue weighted by Crippen LogP contribution is 2.19. The van der Waals surface area contributed by atoms with E-state index in [0.29, 0.717) is 25.3 Å². The van der Waals surface area contributed by atoms with E-state index in [0.717, 1.165) is 15.8 Å². The zero-order valence-corrected chi connectivity index (χ0v) is 13.4. The van der Waals surface area contributed by atoms with Gasteiger partial charge in [0.2, 0.25) is 0 Å². The number of rotatable bonds is 2. The molecule has 23 heavy (non-hydrogen) atoms. The largest absolute Gasteiger partial charge is 0.353 e.